The van der Waals surface area contributed by atoms with Crippen LogP contribution in [0.1, 0.15) is 11.1 Å². The van der Waals surface area contributed by atoms with Crippen LogP contribution >= 0.6 is 46.6 Å². The lowest BCUT2D eigenvalue weighted by molar-refractivity contribution is 0.468. The van der Waals surface area contributed by atoms with Crippen molar-refractivity contribution in [1.29, 1.82) is 0 Å². The predicted octanol–water partition coefficient (Wildman–Crippen LogP) is 7.29. The molecule has 0 aliphatic carbocycles. The Bertz CT molecular complexity index is 879. The van der Waals surface area contributed by atoms with E-state index in [1.807, 2.05) is 36.4 Å². The molecule has 128 valence electrons. The summed E-state index contributed by atoms with van der Waals surface area (Å²) < 4.78 is 0. The molecule has 0 radical (unpaired) electrons. The van der Waals surface area contributed by atoms with Crippen molar-refractivity contribution in [3.8, 4) is 5.75 Å². The average molecular weight is 410 g/mol. The van der Waals surface area contributed by atoms with Crippen LogP contribution in [0.3, 0.4) is 0 Å². The molecule has 0 heterocycles. The fraction of sp³-hybridized carbons (Fsp3) is 0.100. The quantitative estimate of drug-likeness (QED) is 0.477. The van der Waals surface area contributed by atoms with Crippen LogP contribution in [0.4, 0.5) is 0 Å². The molecule has 1 N–H and O–H groups in total. The molecule has 0 bridgehead atoms. The fourth-order valence-corrected chi connectivity index (χ4v) is 4.15. The molecule has 0 saturated carbocycles. The van der Waals surface area contributed by atoms with Crippen molar-refractivity contribution < 1.29 is 5.11 Å². The Hall–Kier alpha value is -1.32. The Kier molecular flexibility index (Phi) is 6.19. The largest absolute Gasteiger partial charge is 0.506 e. The highest BCUT2D eigenvalue weighted by Gasteiger charge is 2.10. The molecular weight excluding hydrogens is 395 g/mol. The Morgan fingerprint density at radius 1 is 0.760 bits per heavy atom. The van der Waals surface area contributed by atoms with Crippen LogP contribution in [0.2, 0.25) is 15.1 Å². The molecule has 0 spiro atoms. The summed E-state index contributed by atoms with van der Waals surface area (Å²) in [4.78, 5) is 2.31. The number of hydrogen-bond acceptors (Lipinski definition) is 2. The fourth-order valence-electron chi connectivity index (χ4n) is 2.52. The summed E-state index contributed by atoms with van der Waals surface area (Å²) in [5.41, 5.74) is 1.96. The average Bonchev–Trinajstić information content (AvgIpc) is 2.60. The van der Waals surface area contributed by atoms with Crippen LogP contribution < -0.4 is 0 Å². The van der Waals surface area contributed by atoms with Gasteiger partial charge in [0.25, 0.3) is 0 Å². The number of phenols is 1. The minimum atomic E-state index is 0.105. The lowest BCUT2D eigenvalue weighted by Crippen LogP contribution is -1.94. The Balaban J connectivity index is 1.78. The smallest absolute Gasteiger partial charge is 0.137 e. The number of rotatable bonds is 5. The monoisotopic (exact) mass is 408 g/mol. The molecule has 25 heavy (non-hydrogen) atoms. The van der Waals surface area contributed by atoms with Crippen LogP contribution in [0.5, 0.6) is 5.75 Å². The molecule has 5 heteroatoms. The van der Waals surface area contributed by atoms with Gasteiger partial charge in [-0.3, -0.25) is 0 Å². The number of aromatic hydroxyl groups is 1. The Morgan fingerprint density at radius 2 is 1.44 bits per heavy atom. The first-order valence-corrected chi connectivity index (χ1v) is 9.66. The summed E-state index contributed by atoms with van der Waals surface area (Å²) in [6.07, 6.45) is 1.44. The van der Waals surface area contributed by atoms with Gasteiger partial charge in [0, 0.05) is 19.8 Å². The lowest BCUT2D eigenvalue weighted by atomic mass is 10.0. The van der Waals surface area contributed by atoms with Gasteiger partial charge in [0.15, 0.2) is 0 Å². The number of aryl methyl sites for hydroxylation is 2. The van der Waals surface area contributed by atoms with Gasteiger partial charge in [0.2, 0.25) is 0 Å². The Morgan fingerprint density at radius 3 is 2.20 bits per heavy atom. The maximum absolute atomic E-state index is 10.1. The number of hydrogen-bond donors (Lipinski definition) is 1. The summed E-state index contributed by atoms with van der Waals surface area (Å²) in [5, 5.41) is 11.7. The molecule has 0 saturated heterocycles. The van der Waals surface area contributed by atoms with E-state index in [0.717, 1.165) is 21.9 Å². The summed E-state index contributed by atoms with van der Waals surface area (Å²) in [7, 11) is 0. The molecule has 0 amide bonds. The molecule has 0 unspecified atom stereocenters. The van der Waals surface area contributed by atoms with Crippen LogP contribution in [-0.2, 0) is 12.8 Å². The normalized spacial score (nSPS) is 10.8. The van der Waals surface area contributed by atoms with E-state index in [2.05, 4.69) is 12.1 Å². The van der Waals surface area contributed by atoms with E-state index >= 15 is 0 Å². The van der Waals surface area contributed by atoms with Crippen molar-refractivity contribution in [2.45, 2.75) is 22.6 Å². The summed E-state index contributed by atoms with van der Waals surface area (Å²) in [5.74, 6) is 0.105. The lowest BCUT2D eigenvalue weighted by Gasteiger charge is -2.11. The maximum Gasteiger partial charge on any atom is 0.137 e. The standard InChI is InChI=1S/C20H15Cl3OS/c21-15-7-9-17(10-8-15)25-19-4-2-1-3-13(19)5-6-14-11-16(22)12-18(23)20(14)24/h1-4,7-12,24H,5-6H2. The van der Waals surface area contributed by atoms with E-state index in [4.69, 9.17) is 34.8 Å². The minimum absolute atomic E-state index is 0.105. The van der Waals surface area contributed by atoms with Gasteiger partial charge in [-0.05, 0) is 66.4 Å². The number of benzene rings is 3. The van der Waals surface area contributed by atoms with Crippen molar-refractivity contribution in [2.24, 2.45) is 0 Å². The van der Waals surface area contributed by atoms with Crippen molar-refractivity contribution in [1.82, 2.24) is 0 Å². The van der Waals surface area contributed by atoms with E-state index in [1.165, 1.54) is 10.5 Å². The second kappa shape index (κ2) is 8.37. The first-order valence-electron chi connectivity index (χ1n) is 7.71. The second-order valence-corrected chi connectivity index (χ2v) is 7.95. The molecule has 3 rings (SSSR count). The highest BCUT2D eigenvalue weighted by Crippen LogP contribution is 2.34. The molecule has 3 aromatic carbocycles. The van der Waals surface area contributed by atoms with Gasteiger partial charge in [0.05, 0.1) is 5.02 Å². The van der Waals surface area contributed by atoms with Crippen molar-refractivity contribution in [3.05, 3.63) is 86.9 Å². The summed E-state index contributed by atoms with van der Waals surface area (Å²) >= 11 is 19.7. The van der Waals surface area contributed by atoms with Crippen LogP contribution in [0, 0.1) is 0 Å². The summed E-state index contributed by atoms with van der Waals surface area (Å²) in [6.45, 7) is 0. The van der Waals surface area contributed by atoms with E-state index in [9.17, 15) is 5.11 Å². The SMILES string of the molecule is Oc1c(Cl)cc(Cl)cc1CCc1ccccc1Sc1ccc(Cl)cc1. The highest BCUT2D eigenvalue weighted by molar-refractivity contribution is 7.99. The van der Waals surface area contributed by atoms with Gasteiger partial charge in [0.1, 0.15) is 5.75 Å². The zero-order chi connectivity index (χ0) is 17.8. The van der Waals surface area contributed by atoms with Crippen molar-refractivity contribution in [2.75, 3.05) is 0 Å². The van der Waals surface area contributed by atoms with E-state index in [1.54, 1.807) is 23.9 Å². The Labute approximate surface area is 166 Å². The molecule has 0 aliphatic rings. The van der Waals surface area contributed by atoms with Crippen molar-refractivity contribution in [3.63, 3.8) is 0 Å². The van der Waals surface area contributed by atoms with E-state index in [0.29, 0.717) is 11.4 Å². The van der Waals surface area contributed by atoms with Crippen molar-refractivity contribution >= 4 is 46.6 Å². The van der Waals surface area contributed by atoms with Gasteiger partial charge in [-0.2, -0.15) is 0 Å². The van der Waals surface area contributed by atoms with Crippen LogP contribution in [0.15, 0.2) is 70.5 Å². The maximum atomic E-state index is 10.1. The zero-order valence-electron chi connectivity index (χ0n) is 13.2. The van der Waals surface area contributed by atoms with E-state index < -0.39 is 0 Å². The van der Waals surface area contributed by atoms with E-state index in [-0.39, 0.29) is 10.8 Å². The minimum Gasteiger partial charge on any atom is -0.506 e. The van der Waals surface area contributed by atoms with Gasteiger partial charge in [-0.15, -0.1) is 0 Å². The third-order valence-corrected chi connectivity index (χ3v) is 5.67. The van der Waals surface area contributed by atoms with Gasteiger partial charge in [-0.1, -0.05) is 64.8 Å². The third-order valence-electron chi connectivity index (χ3n) is 3.78. The van der Waals surface area contributed by atoms with Crippen LogP contribution in [0.25, 0.3) is 0 Å². The molecule has 3 aromatic rings. The third kappa shape index (κ3) is 4.86. The molecular formula is C20H15Cl3OS. The molecule has 0 aromatic heterocycles. The zero-order valence-corrected chi connectivity index (χ0v) is 16.3. The molecule has 0 aliphatic heterocycles. The van der Waals surface area contributed by atoms with Gasteiger partial charge >= 0.3 is 0 Å². The summed E-state index contributed by atoms with van der Waals surface area (Å²) in [6, 6.07) is 19.3. The molecule has 0 atom stereocenters. The molecule has 0 fully saturated rings. The topological polar surface area (TPSA) is 20.2 Å². The number of phenolic OH excluding ortho intramolecular Hbond substituents is 1. The number of halogens is 3. The first kappa shape index (κ1) is 18.5. The highest BCUT2D eigenvalue weighted by atomic mass is 35.5. The molecule has 1 nitrogen and oxygen atoms in total. The van der Waals surface area contributed by atoms with Crippen LogP contribution in [-0.4, -0.2) is 5.11 Å². The second-order valence-electron chi connectivity index (χ2n) is 5.56. The predicted molar refractivity (Wildman–Crippen MR) is 108 cm³/mol. The van der Waals surface area contributed by atoms with Gasteiger partial charge < -0.3 is 5.11 Å². The van der Waals surface area contributed by atoms with Gasteiger partial charge in [-0.25, -0.2) is 0 Å². The first-order chi connectivity index (χ1) is 12.0.